The standard InChI is InChI=1S/C22H18Cl2N2O2S/c1-14(27)25-18-8-11-21(20(24)12-18)26-22(28)16-4-2-15(3-5-16)13-29-19-9-6-17(23)7-10-19/h2-12H,13H2,1H3,(H,25,27)(H,26,28). The summed E-state index contributed by atoms with van der Waals surface area (Å²) in [6.45, 7) is 1.42. The maximum absolute atomic E-state index is 12.5. The average molecular weight is 445 g/mol. The summed E-state index contributed by atoms with van der Waals surface area (Å²) in [6.07, 6.45) is 0. The maximum Gasteiger partial charge on any atom is 0.255 e. The highest BCUT2D eigenvalue weighted by molar-refractivity contribution is 7.98. The van der Waals surface area contributed by atoms with Gasteiger partial charge in [-0.25, -0.2) is 0 Å². The van der Waals surface area contributed by atoms with Gasteiger partial charge >= 0.3 is 0 Å². The van der Waals surface area contributed by atoms with Crippen molar-refractivity contribution in [3.63, 3.8) is 0 Å². The summed E-state index contributed by atoms with van der Waals surface area (Å²) < 4.78 is 0. The van der Waals surface area contributed by atoms with Gasteiger partial charge in [0.1, 0.15) is 0 Å². The van der Waals surface area contributed by atoms with E-state index in [2.05, 4.69) is 10.6 Å². The van der Waals surface area contributed by atoms with Gasteiger partial charge in [-0.3, -0.25) is 9.59 Å². The minimum absolute atomic E-state index is 0.188. The molecule has 0 atom stereocenters. The summed E-state index contributed by atoms with van der Waals surface area (Å²) in [5, 5.41) is 6.50. The van der Waals surface area contributed by atoms with E-state index in [-0.39, 0.29) is 11.8 Å². The Morgan fingerprint density at radius 3 is 2.21 bits per heavy atom. The second-order valence-electron chi connectivity index (χ2n) is 6.27. The second-order valence-corrected chi connectivity index (χ2v) is 8.16. The highest BCUT2D eigenvalue weighted by atomic mass is 35.5. The monoisotopic (exact) mass is 444 g/mol. The van der Waals surface area contributed by atoms with E-state index in [0.717, 1.165) is 21.2 Å². The summed E-state index contributed by atoms with van der Waals surface area (Å²) in [4.78, 5) is 24.7. The lowest BCUT2D eigenvalue weighted by atomic mass is 10.1. The number of anilines is 2. The first-order chi connectivity index (χ1) is 13.9. The predicted octanol–water partition coefficient (Wildman–Crippen LogP) is 6.50. The number of rotatable bonds is 6. The van der Waals surface area contributed by atoms with Crippen molar-refractivity contribution in [2.45, 2.75) is 17.6 Å². The number of amides is 2. The highest BCUT2D eigenvalue weighted by Crippen LogP contribution is 2.27. The van der Waals surface area contributed by atoms with Crippen molar-refractivity contribution in [2.75, 3.05) is 10.6 Å². The quantitative estimate of drug-likeness (QED) is 0.426. The zero-order chi connectivity index (χ0) is 20.8. The van der Waals surface area contributed by atoms with Gasteiger partial charge in [-0.2, -0.15) is 0 Å². The van der Waals surface area contributed by atoms with E-state index in [1.54, 1.807) is 42.1 Å². The molecule has 29 heavy (non-hydrogen) atoms. The van der Waals surface area contributed by atoms with E-state index in [1.165, 1.54) is 6.92 Å². The SMILES string of the molecule is CC(=O)Nc1ccc(NC(=O)c2ccc(CSc3ccc(Cl)cc3)cc2)c(Cl)c1. The van der Waals surface area contributed by atoms with Gasteiger partial charge in [-0.05, 0) is 60.2 Å². The largest absolute Gasteiger partial charge is 0.326 e. The van der Waals surface area contributed by atoms with E-state index in [9.17, 15) is 9.59 Å². The molecule has 2 amide bonds. The van der Waals surface area contributed by atoms with Gasteiger partial charge in [0.15, 0.2) is 0 Å². The van der Waals surface area contributed by atoms with Crippen molar-refractivity contribution in [1.29, 1.82) is 0 Å². The van der Waals surface area contributed by atoms with Crippen molar-refractivity contribution in [3.8, 4) is 0 Å². The Hall–Kier alpha value is -2.47. The third-order valence-corrected chi connectivity index (χ3v) is 5.62. The van der Waals surface area contributed by atoms with Crippen LogP contribution in [0.3, 0.4) is 0 Å². The van der Waals surface area contributed by atoms with Crippen molar-refractivity contribution in [2.24, 2.45) is 0 Å². The minimum atomic E-state index is -0.254. The number of halogens is 2. The van der Waals surface area contributed by atoms with Crippen LogP contribution in [0.4, 0.5) is 11.4 Å². The van der Waals surface area contributed by atoms with Gasteiger partial charge in [0, 0.05) is 33.8 Å². The number of nitrogens with one attached hydrogen (secondary N) is 2. The molecule has 3 aromatic rings. The Labute approximate surface area is 183 Å². The van der Waals surface area contributed by atoms with Gasteiger partial charge in [0.25, 0.3) is 5.91 Å². The van der Waals surface area contributed by atoms with Gasteiger partial charge in [-0.1, -0.05) is 35.3 Å². The molecule has 0 spiro atoms. The van der Waals surface area contributed by atoms with Crippen LogP contribution in [0.5, 0.6) is 0 Å². The Morgan fingerprint density at radius 2 is 1.59 bits per heavy atom. The van der Waals surface area contributed by atoms with Gasteiger partial charge in [-0.15, -0.1) is 11.8 Å². The molecule has 0 aliphatic carbocycles. The van der Waals surface area contributed by atoms with Gasteiger partial charge in [0.05, 0.1) is 10.7 Å². The lowest BCUT2D eigenvalue weighted by Crippen LogP contribution is -2.12. The van der Waals surface area contributed by atoms with Crippen molar-refractivity contribution in [1.82, 2.24) is 0 Å². The van der Waals surface area contributed by atoms with E-state index >= 15 is 0 Å². The molecular weight excluding hydrogens is 427 g/mol. The number of benzene rings is 3. The molecule has 3 rings (SSSR count). The molecule has 3 aromatic carbocycles. The summed E-state index contributed by atoms with van der Waals surface area (Å²) in [6, 6.07) is 20.1. The lowest BCUT2D eigenvalue weighted by Gasteiger charge is -2.10. The van der Waals surface area contributed by atoms with Crippen molar-refractivity contribution < 1.29 is 9.59 Å². The molecule has 2 N–H and O–H groups in total. The van der Waals surface area contributed by atoms with Crippen LogP contribution in [0.15, 0.2) is 71.6 Å². The van der Waals surface area contributed by atoms with Gasteiger partial charge < -0.3 is 10.6 Å². The number of hydrogen-bond donors (Lipinski definition) is 2. The van der Waals surface area contributed by atoms with Crippen LogP contribution >= 0.6 is 35.0 Å². The molecule has 0 aliphatic heterocycles. The first-order valence-corrected chi connectivity index (χ1v) is 10.5. The Morgan fingerprint density at radius 1 is 0.897 bits per heavy atom. The summed E-state index contributed by atoms with van der Waals surface area (Å²) in [5.41, 5.74) is 2.70. The smallest absolute Gasteiger partial charge is 0.255 e. The number of carbonyl (C=O) groups excluding carboxylic acids is 2. The number of thioether (sulfide) groups is 1. The molecular formula is C22H18Cl2N2O2S. The number of hydrogen-bond acceptors (Lipinski definition) is 3. The lowest BCUT2D eigenvalue weighted by molar-refractivity contribution is -0.114. The Kier molecular flexibility index (Phi) is 7.20. The van der Waals surface area contributed by atoms with E-state index in [0.29, 0.717) is 22.0 Å². The van der Waals surface area contributed by atoms with Crippen LogP contribution in [-0.2, 0) is 10.5 Å². The predicted molar refractivity (Wildman–Crippen MR) is 121 cm³/mol. The molecule has 0 fully saturated rings. The maximum atomic E-state index is 12.5. The summed E-state index contributed by atoms with van der Waals surface area (Å²) in [5.74, 6) is 0.350. The van der Waals surface area contributed by atoms with Crippen molar-refractivity contribution in [3.05, 3.63) is 87.9 Å². The fourth-order valence-corrected chi connectivity index (χ4v) is 3.75. The topological polar surface area (TPSA) is 58.2 Å². The second kappa shape index (κ2) is 9.83. The molecule has 0 unspecified atom stereocenters. The normalized spacial score (nSPS) is 10.4. The number of carbonyl (C=O) groups is 2. The molecule has 4 nitrogen and oxygen atoms in total. The van der Waals surface area contributed by atoms with Crippen LogP contribution in [0.25, 0.3) is 0 Å². The average Bonchev–Trinajstić information content (AvgIpc) is 2.69. The Bertz CT molecular complexity index is 1020. The summed E-state index contributed by atoms with van der Waals surface area (Å²) >= 11 is 13.8. The van der Waals surface area contributed by atoms with Crippen LogP contribution in [0.1, 0.15) is 22.8 Å². The highest BCUT2D eigenvalue weighted by Gasteiger charge is 2.10. The third kappa shape index (κ3) is 6.26. The third-order valence-electron chi connectivity index (χ3n) is 3.97. The van der Waals surface area contributed by atoms with Gasteiger partial charge in [0.2, 0.25) is 5.91 Å². The fraction of sp³-hybridized carbons (Fsp3) is 0.0909. The molecule has 0 saturated carbocycles. The fourth-order valence-electron chi connectivity index (χ4n) is 2.54. The first kappa shape index (κ1) is 21.2. The molecule has 0 radical (unpaired) electrons. The molecule has 0 aromatic heterocycles. The van der Waals surface area contributed by atoms with E-state index in [1.807, 2.05) is 36.4 Å². The molecule has 7 heteroatoms. The zero-order valence-electron chi connectivity index (χ0n) is 15.5. The molecule has 148 valence electrons. The molecule has 0 bridgehead atoms. The molecule has 0 aliphatic rings. The first-order valence-electron chi connectivity index (χ1n) is 8.76. The molecule has 0 saturated heterocycles. The van der Waals surface area contributed by atoms with E-state index in [4.69, 9.17) is 23.2 Å². The van der Waals surface area contributed by atoms with E-state index < -0.39 is 0 Å². The Balaban J connectivity index is 1.60. The van der Waals surface area contributed by atoms with Crippen LogP contribution in [-0.4, -0.2) is 11.8 Å². The molecule has 0 heterocycles. The van der Waals surface area contributed by atoms with Crippen LogP contribution < -0.4 is 10.6 Å². The van der Waals surface area contributed by atoms with Crippen LogP contribution in [0.2, 0.25) is 10.0 Å². The minimum Gasteiger partial charge on any atom is -0.326 e. The summed E-state index contributed by atoms with van der Waals surface area (Å²) in [7, 11) is 0. The van der Waals surface area contributed by atoms with Crippen LogP contribution in [0, 0.1) is 0 Å². The van der Waals surface area contributed by atoms with Crippen molar-refractivity contribution >= 4 is 58.2 Å². The zero-order valence-corrected chi connectivity index (χ0v) is 17.9.